The zero-order chi connectivity index (χ0) is 18.0. The van der Waals surface area contributed by atoms with E-state index in [9.17, 15) is 18.8 Å². The number of rotatable bonds is 3. The highest BCUT2D eigenvalue weighted by Gasteiger charge is 2.36. The highest BCUT2D eigenvalue weighted by Crippen LogP contribution is 2.24. The minimum Gasteiger partial charge on any atom is -0.497 e. The van der Waals surface area contributed by atoms with Crippen LogP contribution in [0, 0.1) is 5.82 Å². The Morgan fingerprint density at radius 2 is 1.64 bits per heavy atom. The molecule has 1 N–H and O–H groups in total. The van der Waals surface area contributed by atoms with Gasteiger partial charge < -0.3 is 4.74 Å². The van der Waals surface area contributed by atoms with E-state index in [1.165, 1.54) is 49.6 Å². The van der Waals surface area contributed by atoms with Gasteiger partial charge in [0.15, 0.2) is 0 Å². The van der Waals surface area contributed by atoms with Gasteiger partial charge in [0.2, 0.25) is 0 Å². The lowest BCUT2D eigenvalue weighted by molar-refractivity contribution is -0.122. The number of nitrogens with zero attached hydrogens (tertiary/aromatic N) is 1. The first-order chi connectivity index (χ1) is 12.0. The Bertz CT molecular complexity index is 873. The van der Waals surface area contributed by atoms with E-state index >= 15 is 0 Å². The van der Waals surface area contributed by atoms with E-state index in [1.54, 1.807) is 12.1 Å². The van der Waals surface area contributed by atoms with Gasteiger partial charge in [0.1, 0.15) is 17.1 Å². The summed E-state index contributed by atoms with van der Waals surface area (Å²) in [6.07, 6.45) is 1.31. The number of anilines is 1. The molecular weight excluding hydrogens is 327 g/mol. The van der Waals surface area contributed by atoms with Crippen molar-refractivity contribution in [2.24, 2.45) is 0 Å². The van der Waals surface area contributed by atoms with Crippen LogP contribution < -0.4 is 15.0 Å². The first-order valence-corrected chi connectivity index (χ1v) is 7.30. The zero-order valence-corrected chi connectivity index (χ0v) is 13.2. The number of carbonyl (C=O) groups excluding carboxylic acids is 3. The number of amides is 4. The average Bonchev–Trinajstić information content (AvgIpc) is 2.60. The van der Waals surface area contributed by atoms with Gasteiger partial charge in [0, 0.05) is 0 Å². The van der Waals surface area contributed by atoms with Crippen molar-refractivity contribution < 1.29 is 23.5 Å². The number of urea groups is 1. The number of hydrogen-bond donors (Lipinski definition) is 1. The fraction of sp³-hybridized carbons (Fsp3) is 0.0556. The molecule has 25 heavy (non-hydrogen) atoms. The molecule has 1 aliphatic heterocycles. The molecule has 0 saturated carbocycles. The third kappa shape index (κ3) is 3.25. The Balaban J connectivity index is 1.97. The van der Waals surface area contributed by atoms with Crippen LogP contribution in [0.1, 0.15) is 5.56 Å². The number of methoxy groups -OCH3 is 1. The van der Waals surface area contributed by atoms with Crippen molar-refractivity contribution in [1.82, 2.24) is 5.32 Å². The summed E-state index contributed by atoms with van der Waals surface area (Å²) in [5, 5.41) is 2.12. The van der Waals surface area contributed by atoms with Crippen LogP contribution in [0.4, 0.5) is 14.9 Å². The Kier molecular flexibility index (Phi) is 4.30. The molecule has 0 radical (unpaired) electrons. The third-order valence-corrected chi connectivity index (χ3v) is 3.61. The Morgan fingerprint density at radius 3 is 2.24 bits per heavy atom. The average molecular weight is 340 g/mol. The second-order valence-corrected chi connectivity index (χ2v) is 5.21. The van der Waals surface area contributed by atoms with Crippen molar-refractivity contribution >= 4 is 29.6 Å². The van der Waals surface area contributed by atoms with E-state index in [4.69, 9.17) is 4.74 Å². The molecule has 2 aromatic rings. The van der Waals surface area contributed by atoms with Crippen LogP contribution >= 0.6 is 0 Å². The summed E-state index contributed by atoms with van der Waals surface area (Å²) in [5.41, 5.74) is 0.534. The molecule has 1 fully saturated rings. The van der Waals surface area contributed by atoms with Crippen LogP contribution in [-0.2, 0) is 9.59 Å². The number of carbonyl (C=O) groups is 3. The zero-order valence-electron chi connectivity index (χ0n) is 13.2. The van der Waals surface area contributed by atoms with Crippen molar-refractivity contribution in [3.05, 3.63) is 65.5 Å². The summed E-state index contributed by atoms with van der Waals surface area (Å²) in [4.78, 5) is 37.6. The molecule has 0 bridgehead atoms. The van der Waals surface area contributed by atoms with Gasteiger partial charge in [0.25, 0.3) is 11.8 Å². The lowest BCUT2D eigenvalue weighted by atomic mass is 10.1. The van der Waals surface area contributed by atoms with E-state index < -0.39 is 23.7 Å². The quantitative estimate of drug-likeness (QED) is 0.688. The van der Waals surface area contributed by atoms with Gasteiger partial charge in [-0.1, -0.05) is 12.1 Å². The summed E-state index contributed by atoms with van der Waals surface area (Å²) < 4.78 is 18.0. The molecule has 0 aromatic heterocycles. The molecule has 2 aromatic carbocycles. The van der Waals surface area contributed by atoms with E-state index in [0.29, 0.717) is 17.0 Å². The second-order valence-electron chi connectivity index (χ2n) is 5.21. The predicted octanol–water partition coefficient (Wildman–Crippen LogP) is 2.50. The Hall–Kier alpha value is -3.48. The maximum absolute atomic E-state index is 13.0. The number of imide groups is 2. The van der Waals surface area contributed by atoms with Crippen molar-refractivity contribution in [2.75, 3.05) is 12.0 Å². The van der Waals surface area contributed by atoms with Crippen molar-refractivity contribution in [3.63, 3.8) is 0 Å². The molecule has 1 saturated heterocycles. The molecule has 0 unspecified atom stereocenters. The first kappa shape index (κ1) is 16.4. The number of barbiturate groups is 1. The summed E-state index contributed by atoms with van der Waals surface area (Å²) in [6, 6.07) is 10.7. The van der Waals surface area contributed by atoms with Crippen LogP contribution in [0.2, 0.25) is 0 Å². The smallest absolute Gasteiger partial charge is 0.335 e. The maximum atomic E-state index is 13.0. The van der Waals surface area contributed by atoms with Crippen molar-refractivity contribution in [2.45, 2.75) is 0 Å². The van der Waals surface area contributed by atoms with Gasteiger partial charge in [0.05, 0.1) is 12.8 Å². The van der Waals surface area contributed by atoms with Crippen molar-refractivity contribution in [3.8, 4) is 5.75 Å². The van der Waals surface area contributed by atoms with Gasteiger partial charge in [-0.05, 0) is 48.0 Å². The Labute approximate surface area is 142 Å². The van der Waals surface area contributed by atoms with Gasteiger partial charge >= 0.3 is 6.03 Å². The number of nitrogens with one attached hydrogen (secondary N) is 1. The Morgan fingerprint density at radius 1 is 1.00 bits per heavy atom. The second kappa shape index (κ2) is 6.56. The minimum absolute atomic E-state index is 0.220. The van der Waals surface area contributed by atoms with Crippen LogP contribution in [0.3, 0.4) is 0 Å². The molecule has 4 amide bonds. The summed E-state index contributed by atoms with van der Waals surface area (Å²) in [6.45, 7) is 0. The fourth-order valence-electron chi connectivity index (χ4n) is 2.35. The van der Waals surface area contributed by atoms with Gasteiger partial charge in [-0.15, -0.1) is 0 Å². The normalized spacial score (nSPS) is 16.2. The van der Waals surface area contributed by atoms with E-state index in [0.717, 1.165) is 4.90 Å². The molecule has 3 rings (SSSR count). The number of ether oxygens (including phenoxy) is 1. The fourth-order valence-corrected chi connectivity index (χ4v) is 2.35. The minimum atomic E-state index is -0.837. The summed E-state index contributed by atoms with van der Waals surface area (Å²) in [7, 11) is 1.50. The van der Waals surface area contributed by atoms with Crippen molar-refractivity contribution in [1.29, 1.82) is 0 Å². The SMILES string of the molecule is COc1ccc(N2C(=O)NC(=O)/C(=C\c3ccc(F)cc3)C2=O)cc1. The number of benzene rings is 2. The van der Waals surface area contributed by atoms with E-state index in [1.807, 2.05) is 0 Å². The molecule has 0 atom stereocenters. The van der Waals surface area contributed by atoms with Crippen LogP contribution in [0.15, 0.2) is 54.1 Å². The lowest BCUT2D eigenvalue weighted by Gasteiger charge is -2.26. The largest absolute Gasteiger partial charge is 0.497 e. The summed E-state index contributed by atoms with van der Waals surface area (Å²) in [5.74, 6) is -1.43. The third-order valence-electron chi connectivity index (χ3n) is 3.61. The molecule has 0 aliphatic carbocycles. The molecular formula is C18H13FN2O4. The predicted molar refractivity (Wildman–Crippen MR) is 88.4 cm³/mol. The monoisotopic (exact) mass is 340 g/mol. The van der Waals surface area contributed by atoms with E-state index in [-0.39, 0.29) is 5.57 Å². The standard InChI is InChI=1S/C18H13FN2O4/c1-25-14-8-6-13(7-9-14)21-17(23)15(16(22)20-18(21)24)10-11-2-4-12(19)5-3-11/h2-10H,1H3,(H,20,22,24)/b15-10+. The number of halogens is 1. The van der Waals surface area contributed by atoms with Gasteiger partial charge in [-0.2, -0.15) is 0 Å². The van der Waals surface area contributed by atoms with Crippen LogP contribution in [0.25, 0.3) is 6.08 Å². The molecule has 126 valence electrons. The topological polar surface area (TPSA) is 75.7 Å². The first-order valence-electron chi connectivity index (χ1n) is 7.30. The molecule has 1 aliphatic rings. The lowest BCUT2D eigenvalue weighted by Crippen LogP contribution is -2.54. The summed E-state index contributed by atoms with van der Waals surface area (Å²) >= 11 is 0. The number of hydrogen-bond acceptors (Lipinski definition) is 4. The highest BCUT2D eigenvalue weighted by atomic mass is 19.1. The van der Waals surface area contributed by atoms with Crippen LogP contribution in [0.5, 0.6) is 5.75 Å². The highest BCUT2D eigenvalue weighted by molar-refractivity contribution is 6.39. The van der Waals surface area contributed by atoms with Gasteiger partial charge in [-0.25, -0.2) is 14.1 Å². The van der Waals surface area contributed by atoms with Gasteiger partial charge in [-0.3, -0.25) is 14.9 Å². The van der Waals surface area contributed by atoms with E-state index in [2.05, 4.69) is 5.32 Å². The van der Waals surface area contributed by atoms with Crippen LogP contribution in [-0.4, -0.2) is 25.0 Å². The molecule has 1 heterocycles. The molecule has 7 heteroatoms. The molecule has 0 spiro atoms. The maximum Gasteiger partial charge on any atom is 0.335 e. The molecule has 6 nitrogen and oxygen atoms in total.